The maximum Gasteiger partial charge on any atom is 0.243 e. The second-order valence-electron chi connectivity index (χ2n) is 4.12. The molecule has 0 aromatic carbocycles. The molecule has 4 nitrogen and oxygen atoms in total. The molecule has 1 unspecified atom stereocenters. The summed E-state index contributed by atoms with van der Waals surface area (Å²) in [5, 5.41) is 8.31. The SMILES string of the molecule is CCSCCC(C)Nc1nc2ccc(Cl)cn2n1. The summed E-state index contributed by atoms with van der Waals surface area (Å²) >= 11 is 7.86. The molecule has 0 aliphatic rings. The Bertz CT molecular complexity index is 514. The van der Waals surface area contributed by atoms with Gasteiger partial charge in [0.25, 0.3) is 0 Å². The van der Waals surface area contributed by atoms with Crippen LogP contribution < -0.4 is 5.32 Å². The van der Waals surface area contributed by atoms with Gasteiger partial charge in [0.1, 0.15) is 0 Å². The molecule has 2 aromatic heterocycles. The zero-order valence-electron chi connectivity index (χ0n) is 10.6. The van der Waals surface area contributed by atoms with E-state index in [2.05, 4.69) is 29.2 Å². The van der Waals surface area contributed by atoms with Crippen LogP contribution in [0.3, 0.4) is 0 Å². The smallest absolute Gasteiger partial charge is 0.243 e. The van der Waals surface area contributed by atoms with Crippen molar-refractivity contribution < 1.29 is 0 Å². The maximum absolute atomic E-state index is 5.91. The Labute approximate surface area is 116 Å². The molecule has 0 aliphatic heterocycles. The molecule has 2 aromatic rings. The van der Waals surface area contributed by atoms with Crippen molar-refractivity contribution >= 4 is 35.0 Å². The van der Waals surface area contributed by atoms with Crippen LogP contribution >= 0.6 is 23.4 Å². The Morgan fingerprint density at radius 3 is 3.11 bits per heavy atom. The number of anilines is 1. The lowest BCUT2D eigenvalue weighted by molar-refractivity contribution is 0.758. The molecular weight excluding hydrogens is 268 g/mol. The molecule has 6 heteroatoms. The van der Waals surface area contributed by atoms with Gasteiger partial charge in [-0.05, 0) is 37.0 Å². The molecule has 0 aliphatic carbocycles. The van der Waals surface area contributed by atoms with Gasteiger partial charge in [-0.25, -0.2) is 4.52 Å². The van der Waals surface area contributed by atoms with Gasteiger partial charge < -0.3 is 5.32 Å². The predicted octanol–water partition coefficient (Wildman–Crippen LogP) is 3.33. The molecule has 0 amide bonds. The molecule has 0 radical (unpaired) electrons. The first-order chi connectivity index (χ1) is 8.69. The third-order valence-electron chi connectivity index (χ3n) is 2.57. The lowest BCUT2D eigenvalue weighted by Crippen LogP contribution is -2.17. The molecule has 0 fully saturated rings. The number of hydrogen-bond donors (Lipinski definition) is 1. The third kappa shape index (κ3) is 3.53. The fourth-order valence-electron chi connectivity index (χ4n) is 1.62. The Morgan fingerprint density at radius 1 is 1.50 bits per heavy atom. The first-order valence-electron chi connectivity index (χ1n) is 6.05. The predicted molar refractivity (Wildman–Crippen MR) is 78.7 cm³/mol. The van der Waals surface area contributed by atoms with Crippen molar-refractivity contribution in [1.82, 2.24) is 14.6 Å². The zero-order chi connectivity index (χ0) is 13.0. The summed E-state index contributed by atoms with van der Waals surface area (Å²) in [5.41, 5.74) is 0.803. The summed E-state index contributed by atoms with van der Waals surface area (Å²) in [6.45, 7) is 4.32. The normalized spacial score (nSPS) is 12.8. The minimum atomic E-state index is 0.372. The van der Waals surface area contributed by atoms with E-state index in [9.17, 15) is 0 Å². The van der Waals surface area contributed by atoms with E-state index in [-0.39, 0.29) is 0 Å². The van der Waals surface area contributed by atoms with E-state index in [4.69, 9.17) is 11.6 Å². The number of aromatic nitrogens is 3. The lowest BCUT2D eigenvalue weighted by atomic mass is 10.3. The van der Waals surface area contributed by atoms with Gasteiger partial charge in [0, 0.05) is 12.2 Å². The van der Waals surface area contributed by atoms with Crippen LogP contribution in [-0.2, 0) is 0 Å². The van der Waals surface area contributed by atoms with Crippen molar-refractivity contribution in [2.75, 3.05) is 16.8 Å². The summed E-state index contributed by atoms with van der Waals surface area (Å²) in [5.74, 6) is 2.98. The highest BCUT2D eigenvalue weighted by Gasteiger charge is 2.07. The molecule has 18 heavy (non-hydrogen) atoms. The van der Waals surface area contributed by atoms with Gasteiger partial charge in [0.2, 0.25) is 5.95 Å². The summed E-state index contributed by atoms with van der Waals surface area (Å²) in [4.78, 5) is 4.40. The summed E-state index contributed by atoms with van der Waals surface area (Å²) in [6.07, 6.45) is 2.86. The van der Waals surface area contributed by atoms with E-state index in [1.54, 1.807) is 10.7 Å². The van der Waals surface area contributed by atoms with Crippen LogP contribution in [0.2, 0.25) is 5.02 Å². The zero-order valence-corrected chi connectivity index (χ0v) is 12.1. The fraction of sp³-hybridized carbons (Fsp3) is 0.500. The number of nitrogens with zero attached hydrogens (tertiary/aromatic N) is 3. The van der Waals surface area contributed by atoms with Crippen molar-refractivity contribution in [1.29, 1.82) is 0 Å². The average Bonchev–Trinajstić information content (AvgIpc) is 2.70. The number of thioether (sulfide) groups is 1. The fourth-order valence-corrected chi connectivity index (χ4v) is 2.58. The molecule has 0 bridgehead atoms. The highest BCUT2D eigenvalue weighted by molar-refractivity contribution is 7.99. The summed E-state index contributed by atoms with van der Waals surface area (Å²) in [6, 6.07) is 4.05. The highest BCUT2D eigenvalue weighted by atomic mass is 35.5. The van der Waals surface area contributed by atoms with Gasteiger partial charge in [-0.2, -0.15) is 16.7 Å². The number of rotatable bonds is 6. The van der Waals surface area contributed by atoms with Crippen LogP contribution in [0.1, 0.15) is 20.3 Å². The Morgan fingerprint density at radius 2 is 2.33 bits per heavy atom. The summed E-state index contributed by atoms with van der Waals surface area (Å²) < 4.78 is 1.69. The molecule has 2 heterocycles. The number of nitrogens with one attached hydrogen (secondary N) is 1. The van der Waals surface area contributed by atoms with Crippen LogP contribution in [0.15, 0.2) is 18.3 Å². The molecule has 1 N–H and O–H groups in total. The number of halogens is 1. The van der Waals surface area contributed by atoms with Crippen LogP contribution in [0.5, 0.6) is 0 Å². The van der Waals surface area contributed by atoms with Gasteiger partial charge >= 0.3 is 0 Å². The average molecular weight is 285 g/mol. The van der Waals surface area contributed by atoms with E-state index in [0.717, 1.165) is 23.6 Å². The Hall–Kier alpha value is -0.940. The van der Waals surface area contributed by atoms with Gasteiger partial charge in [-0.15, -0.1) is 5.10 Å². The van der Waals surface area contributed by atoms with Crippen LogP contribution in [0.25, 0.3) is 5.65 Å². The molecule has 2 rings (SSSR count). The van der Waals surface area contributed by atoms with E-state index >= 15 is 0 Å². The lowest BCUT2D eigenvalue weighted by Gasteiger charge is -2.10. The number of hydrogen-bond acceptors (Lipinski definition) is 4. The molecule has 1 atom stereocenters. The second kappa shape index (κ2) is 6.29. The Kier molecular flexibility index (Phi) is 4.72. The molecular formula is C12H17ClN4S. The third-order valence-corrected chi connectivity index (χ3v) is 3.73. The Balaban J connectivity index is 1.98. The van der Waals surface area contributed by atoms with Crippen molar-refractivity contribution in [3.05, 3.63) is 23.4 Å². The minimum Gasteiger partial charge on any atom is -0.350 e. The van der Waals surface area contributed by atoms with Crippen molar-refractivity contribution in [3.8, 4) is 0 Å². The molecule has 0 saturated carbocycles. The second-order valence-corrected chi connectivity index (χ2v) is 5.95. The van der Waals surface area contributed by atoms with Gasteiger partial charge in [0.05, 0.1) is 5.02 Å². The largest absolute Gasteiger partial charge is 0.350 e. The highest BCUT2D eigenvalue weighted by Crippen LogP contribution is 2.13. The monoisotopic (exact) mass is 284 g/mol. The van der Waals surface area contributed by atoms with Crippen LogP contribution in [0, 0.1) is 0 Å². The van der Waals surface area contributed by atoms with Gasteiger partial charge in [-0.3, -0.25) is 0 Å². The quantitative estimate of drug-likeness (QED) is 0.826. The summed E-state index contributed by atoms with van der Waals surface area (Å²) in [7, 11) is 0. The molecule has 0 spiro atoms. The molecule has 98 valence electrons. The van der Waals surface area contributed by atoms with Crippen LogP contribution in [-0.4, -0.2) is 32.1 Å². The first kappa shape index (κ1) is 13.5. The number of fused-ring (bicyclic) bond motifs is 1. The van der Waals surface area contributed by atoms with Gasteiger partial charge in [-0.1, -0.05) is 18.5 Å². The van der Waals surface area contributed by atoms with Crippen LogP contribution in [0.4, 0.5) is 5.95 Å². The van der Waals surface area contributed by atoms with E-state index in [1.807, 2.05) is 23.9 Å². The van der Waals surface area contributed by atoms with Gasteiger partial charge in [0.15, 0.2) is 5.65 Å². The van der Waals surface area contributed by atoms with Crippen molar-refractivity contribution in [2.45, 2.75) is 26.3 Å². The van der Waals surface area contributed by atoms with Crippen molar-refractivity contribution in [2.24, 2.45) is 0 Å². The number of pyridine rings is 1. The van der Waals surface area contributed by atoms with Crippen molar-refractivity contribution in [3.63, 3.8) is 0 Å². The maximum atomic E-state index is 5.91. The minimum absolute atomic E-state index is 0.372. The topological polar surface area (TPSA) is 42.2 Å². The van der Waals surface area contributed by atoms with E-state index in [1.165, 1.54) is 0 Å². The first-order valence-corrected chi connectivity index (χ1v) is 7.58. The van der Waals surface area contributed by atoms with E-state index in [0.29, 0.717) is 17.0 Å². The van der Waals surface area contributed by atoms with E-state index < -0.39 is 0 Å². The molecule has 0 saturated heterocycles. The standard InChI is InChI=1S/C12H17ClN4S/c1-3-18-7-6-9(2)14-12-15-11-5-4-10(13)8-17(11)16-12/h4-5,8-9H,3,6-7H2,1-2H3,(H,14,16).